The highest BCUT2D eigenvalue weighted by molar-refractivity contribution is 7.85. The summed E-state index contributed by atoms with van der Waals surface area (Å²) < 4.78 is 112. The number of benzene rings is 4. The smallest absolute Gasteiger partial charge is 0.351 e. The van der Waals surface area contributed by atoms with Crippen LogP contribution in [0.2, 0.25) is 0 Å². The summed E-state index contributed by atoms with van der Waals surface area (Å²) in [5, 5.41) is 5.14. The van der Waals surface area contributed by atoms with E-state index in [-0.39, 0.29) is 46.8 Å². The zero-order valence-corrected chi connectivity index (χ0v) is 29.1. The fourth-order valence-corrected chi connectivity index (χ4v) is 5.46. The van der Waals surface area contributed by atoms with Crippen molar-refractivity contribution in [2.24, 2.45) is 5.41 Å². The first-order valence-corrected chi connectivity index (χ1v) is 17.5. The van der Waals surface area contributed by atoms with Crippen LogP contribution in [0.3, 0.4) is 0 Å². The molecule has 2 amide bonds. The summed E-state index contributed by atoms with van der Waals surface area (Å²) in [7, 11) is -4.26. The Bertz CT molecular complexity index is 2000. The van der Waals surface area contributed by atoms with Gasteiger partial charge < -0.3 is 10.6 Å². The van der Waals surface area contributed by atoms with Crippen molar-refractivity contribution in [1.82, 2.24) is 5.32 Å². The molecule has 4 aromatic rings. The highest BCUT2D eigenvalue weighted by atomic mass is 32.2. The molecule has 0 fully saturated rings. The second-order valence-electron chi connectivity index (χ2n) is 13.2. The van der Waals surface area contributed by atoms with Crippen LogP contribution in [0.4, 0.5) is 32.0 Å². The maximum atomic E-state index is 13.9. The summed E-state index contributed by atoms with van der Waals surface area (Å²) >= 11 is 0. The number of anilines is 1. The number of alkyl halides is 6. The van der Waals surface area contributed by atoms with Crippen molar-refractivity contribution in [1.29, 1.82) is 0 Å². The molecule has 0 bridgehead atoms. The van der Waals surface area contributed by atoms with Crippen LogP contribution in [0.15, 0.2) is 97.1 Å². The van der Waals surface area contributed by atoms with E-state index in [1.54, 1.807) is 24.3 Å². The third-order valence-corrected chi connectivity index (χ3v) is 8.50. The molecule has 3 N–H and O–H groups in total. The molecule has 0 spiro atoms. The van der Waals surface area contributed by atoms with Gasteiger partial charge in [-0.25, -0.2) is 0 Å². The van der Waals surface area contributed by atoms with Gasteiger partial charge in [-0.15, -0.1) is 0 Å². The first kappa shape index (κ1) is 39.8. The minimum absolute atomic E-state index is 0.0198. The van der Waals surface area contributed by atoms with E-state index in [4.69, 9.17) is 4.55 Å². The van der Waals surface area contributed by atoms with E-state index >= 15 is 0 Å². The molecule has 4 rings (SSSR count). The predicted molar refractivity (Wildman–Crippen MR) is 187 cm³/mol. The molecule has 4 aromatic carbocycles. The van der Waals surface area contributed by atoms with E-state index in [9.17, 15) is 44.3 Å². The summed E-state index contributed by atoms with van der Waals surface area (Å²) in [6.45, 7) is 5.83. The fraction of sp³-hybridized carbons (Fsp3) is 0.263. The fourth-order valence-electron chi connectivity index (χ4n) is 5.10. The number of rotatable bonds is 11. The lowest BCUT2D eigenvalue weighted by atomic mass is 9.89. The molecule has 0 saturated carbocycles. The van der Waals surface area contributed by atoms with Gasteiger partial charge in [-0.3, -0.25) is 14.1 Å². The molecule has 1 atom stereocenters. The molecule has 0 aliphatic heterocycles. The van der Waals surface area contributed by atoms with Crippen LogP contribution in [0.25, 0.3) is 17.2 Å². The van der Waals surface area contributed by atoms with Crippen LogP contribution in [-0.2, 0) is 33.7 Å². The number of amides is 2. The Kier molecular flexibility index (Phi) is 12.1. The van der Waals surface area contributed by atoms with Crippen LogP contribution in [-0.4, -0.2) is 37.1 Å². The minimum Gasteiger partial charge on any atom is -0.351 e. The van der Waals surface area contributed by atoms with Gasteiger partial charge in [-0.2, -0.15) is 34.8 Å². The van der Waals surface area contributed by atoms with Crippen LogP contribution >= 0.6 is 0 Å². The number of hydrogen-bond acceptors (Lipinski definition) is 4. The van der Waals surface area contributed by atoms with Gasteiger partial charge in [0.25, 0.3) is 16.0 Å². The lowest BCUT2D eigenvalue weighted by Crippen LogP contribution is -2.28. The maximum absolute atomic E-state index is 13.9. The second-order valence-corrected chi connectivity index (χ2v) is 14.8. The number of nitrogens with one attached hydrogen (secondary N) is 2. The number of carbonyl (C=O) groups excluding carboxylic acids is 2. The highest BCUT2D eigenvalue weighted by Gasteiger charge is 2.37. The van der Waals surface area contributed by atoms with E-state index < -0.39 is 57.1 Å². The number of carbonyl (C=O) groups is 2. The molecule has 0 aliphatic carbocycles. The highest BCUT2D eigenvalue weighted by Crippen LogP contribution is 2.39. The van der Waals surface area contributed by atoms with E-state index in [1.165, 1.54) is 36.4 Å². The molecule has 14 heteroatoms. The summed E-state index contributed by atoms with van der Waals surface area (Å²) in [6, 6.07) is 20.2. The largest absolute Gasteiger partial charge is 0.416 e. The minimum atomic E-state index is -5.03. The van der Waals surface area contributed by atoms with Crippen LogP contribution < -0.4 is 10.6 Å². The van der Waals surface area contributed by atoms with Crippen molar-refractivity contribution < 1.29 is 48.9 Å². The molecular weight excluding hydrogens is 710 g/mol. The Hall–Kier alpha value is -4.95. The van der Waals surface area contributed by atoms with Gasteiger partial charge in [-0.1, -0.05) is 81.5 Å². The maximum Gasteiger partial charge on any atom is 0.416 e. The Balaban J connectivity index is 1.63. The third-order valence-electron chi connectivity index (χ3n) is 7.78. The summed E-state index contributed by atoms with van der Waals surface area (Å²) in [5.74, 6) is -2.58. The predicted octanol–water partition coefficient (Wildman–Crippen LogP) is 9.03. The standard InChI is InChI=1S/C38H36F6N2O5S/c1-36(2,3)16-15-24-7-11-26(12-8-24)33(19-25-9-13-27(14-10-25)34(47)45-17-18-52(49,50)51)35(48)46-32-6-4-5-28(22-32)29-20-30(37(39,40)41)23-31(21-29)38(42,43)44/h4-16,20-23,33H,17-19H2,1-3H3,(H,45,47)(H,46,48)(H,49,50,51)/b16-15+. The van der Waals surface area contributed by atoms with Gasteiger partial charge >= 0.3 is 12.4 Å². The van der Waals surface area contributed by atoms with E-state index in [1.807, 2.05) is 45.1 Å². The molecule has 0 heterocycles. The first-order valence-electron chi connectivity index (χ1n) is 15.9. The average Bonchev–Trinajstić information content (AvgIpc) is 3.05. The Morgan fingerprint density at radius 2 is 1.38 bits per heavy atom. The van der Waals surface area contributed by atoms with Gasteiger partial charge in [-0.05, 0) is 82.1 Å². The van der Waals surface area contributed by atoms with Gasteiger partial charge in [0.05, 0.1) is 22.8 Å². The summed E-state index contributed by atoms with van der Waals surface area (Å²) in [5.41, 5.74) is -0.836. The van der Waals surface area contributed by atoms with Crippen molar-refractivity contribution in [3.63, 3.8) is 0 Å². The number of allylic oxidation sites excluding steroid dienone is 1. The molecule has 276 valence electrons. The van der Waals surface area contributed by atoms with Crippen molar-refractivity contribution >= 4 is 33.7 Å². The number of halogens is 6. The molecule has 1 unspecified atom stereocenters. The third kappa shape index (κ3) is 11.8. The van der Waals surface area contributed by atoms with Crippen LogP contribution in [0, 0.1) is 5.41 Å². The zero-order chi connectivity index (χ0) is 38.5. The zero-order valence-electron chi connectivity index (χ0n) is 28.3. The topological polar surface area (TPSA) is 113 Å². The van der Waals surface area contributed by atoms with Crippen molar-refractivity contribution in [2.45, 2.75) is 45.5 Å². The van der Waals surface area contributed by atoms with Crippen LogP contribution in [0.1, 0.15) is 64.9 Å². The lowest BCUT2D eigenvalue weighted by molar-refractivity contribution is -0.143. The van der Waals surface area contributed by atoms with Gasteiger partial charge in [0.2, 0.25) is 5.91 Å². The lowest BCUT2D eigenvalue weighted by Gasteiger charge is -2.19. The molecule has 0 aliphatic rings. The van der Waals surface area contributed by atoms with Crippen LogP contribution in [0.5, 0.6) is 0 Å². The van der Waals surface area contributed by atoms with E-state index in [0.717, 1.165) is 5.56 Å². The van der Waals surface area contributed by atoms with E-state index in [0.29, 0.717) is 23.3 Å². The quantitative estimate of drug-likeness (QED) is 0.105. The summed E-state index contributed by atoms with van der Waals surface area (Å²) in [6.07, 6.45) is -5.95. The van der Waals surface area contributed by atoms with Gasteiger partial charge in [0.1, 0.15) is 0 Å². The van der Waals surface area contributed by atoms with Gasteiger partial charge in [0, 0.05) is 17.8 Å². The monoisotopic (exact) mass is 746 g/mol. The average molecular weight is 747 g/mol. The second kappa shape index (κ2) is 15.7. The molecule has 0 aromatic heterocycles. The molecule has 52 heavy (non-hydrogen) atoms. The van der Waals surface area contributed by atoms with Crippen molar-refractivity contribution in [3.05, 3.63) is 130 Å². The Morgan fingerprint density at radius 3 is 1.92 bits per heavy atom. The Morgan fingerprint density at radius 1 is 0.788 bits per heavy atom. The van der Waals surface area contributed by atoms with Crippen molar-refractivity contribution in [3.8, 4) is 11.1 Å². The molecule has 0 saturated heterocycles. The van der Waals surface area contributed by atoms with Gasteiger partial charge in [0.15, 0.2) is 0 Å². The molecule has 0 radical (unpaired) electrons. The SMILES string of the molecule is CC(C)(C)/C=C/c1ccc(C(Cc2ccc(C(=O)NCCS(=O)(=O)O)cc2)C(=O)Nc2cccc(-c3cc(C(F)(F)F)cc(C(F)(F)F)c3)c2)cc1. The normalized spacial score (nSPS) is 13.2. The Labute approximate surface area is 297 Å². The number of hydrogen-bond donors (Lipinski definition) is 3. The molecular formula is C38H36F6N2O5S. The molecule has 7 nitrogen and oxygen atoms in total. The van der Waals surface area contributed by atoms with Crippen molar-refractivity contribution in [2.75, 3.05) is 17.6 Å². The summed E-state index contributed by atoms with van der Waals surface area (Å²) in [4.78, 5) is 26.3. The first-order chi connectivity index (χ1) is 24.1. The van der Waals surface area contributed by atoms with E-state index in [2.05, 4.69) is 10.6 Å².